The first-order chi connectivity index (χ1) is 11.1. The number of nitrogens with one attached hydrogen (secondary N) is 2. The van der Waals surface area contributed by atoms with E-state index in [0.717, 1.165) is 36.3 Å². The molecule has 0 radical (unpaired) electrons. The van der Waals surface area contributed by atoms with E-state index in [2.05, 4.69) is 15.5 Å². The van der Waals surface area contributed by atoms with E-state index in [1.165, 1.54) is 5.56 Å². The van der Waals surface area contributed by atoms with E-state index in [4.69, 9.17) is 32.7 Å². The Hall–Kier alpha value is -1.59. The third-order valence-electron chi connectivity index (χ3n) is 4.40. The summed E-state index contributed by atoms with van der Waals surface area (Å²) in [6.07, 6.45) is 2.66. The van der Waals surface area contributed by atoms with Crippen LogP contribution in [0, 0.1) is 0 Å². The molecule has 1 aromatic carbocycles. The summed E-state index contributed by atoms with van der Waals surface area (Å²) in [5, 5.41) is 11.6. The number of rotatable bonds is 4. The van der Waals surface area contributed by atoms with Gasteiger partial charge in [0, 0.05) is 29.9 Å². The molecule has 7 heteroatoms. The number of anilines is 1. The Morgan fingerprint density at radius 1 is 1.22 bits per heavy atom. The lowest BCUT2D eigenvalue weighted by Crippen LogP contribution is -2.14. The second kappa shape index (κ2) is 6.49. The van der Waals surface area contributed by atoms with E-state index in [0.29, 0.717) is 21.5 Å². The van der Waals surface area contributed by atoms with Gasteiger partial charge in [0.1, 0.15) is 11.5 Å². The molecule has 0 amide bonds. The predicted molar refractivity (Wildman–Crippen MR) is 92.5 cm³/mol. The Kier molecular flexibility index (Phi) is 4.60. The molecule has 0 fully saturated rings. The van der Waals surface area contributed by atoms with Gasteiger partial charge in [0.05, 0.1) is 24.3 Å². The monoisotopic (exact) mass is 355 g/mol. The Morgan fingerprint density at radius 3 is 2.43 bits per heavy atom. The minimum atomic E-state index is 0.191. The van der Waals surface area contributed by atoms with E-state index >= 15 is 0 Å². The Bertz CT molecular complexity index is 702. The van der Waals surface area contributed by atoms with Crippen LogP contribution in [-0.2, 0) is 12.8 Å². The van der Waals surface area contributed by atoms with Crippen LogP contribution in [-0.4, -0.2) is 31.5 Å². The highest BCUT2D eigenvalue weighted by Gasteiger charge is 2.29. The largest absolute Gasteiger partial charge is 0.495 e. The van der Waals surface area contributed by atoms with Crippen LogP contribution in [0.3, 0.4) is 0 Å². The third-order valence-corrected chi connectivity index (χ3v) is 5.18. The van der Waals surface area contributed by atoms with Crippen molar-refractivity contribution in [1.29, 1.82) is 0 Å². The topological polar surface area (TPSA) is 59.2 Å². The Labute approximate surface area is 145 Å². The molecule has 3 rings (SSSR count). The lowest BCUT2D eigenvalue weighted by molar-refractivity contribution is 0.392. The van der Waals surface area contributed by atoms with Crippen LogP contribution in [0.25, 0.3) is 0 Å². The quantitative estimate of drug-likeness (QED) is 0.868. The molecule has 1 aromatic heterocycles. The molecule has 1 aliphatic carbocycles. The van der Waals surface area contributed by atoms with Crippen LogP contribution < -0.4 is 14.8 Å². The molecule has 124 valence electrons. The van der Waals surface area contributed by atoms with Gasteiger partial charge in [-0.2, -0.15) is 5.10 Å². The average Bonchev–Trinajstić information content (AvgIpc) is 2.97. The van der Waals surface area contributed by atoms with Gasteiger partial charge in [0.15, 0.2) is 5.82 Å². The van der Waals surface area contributed by atoms with E-state index in [1.54, 1.807) is 20.3 Å². The fourth-order valence-electron chi connectivity index (χ4n) is 3.22. The molecular weight excluding hydrogens is 337 g/mol. The number of hydrogen-bond acceptors (Lipinski definition) is 4. The van der Waals surface area contributed by atoms with Crippen LogP contribution in [0.5, 0.6) is 11.5 Å². The first-order valence-electron chi connectivity index (χ1n) is 7.44. The van der Waals surface area contributed by atoms with Gasteiger partial charge in [-0.15, -0.1) is 0 Å². The number of ether oxygens (including phenoxy) is 2. The molecule has 2 aromatic rings. The molecule has 0 spiro atoms. The molecular formula is C16H19Cl2N3O2. The van der Waals surface area contributed by atoms with Gasteiger partial charge in [0.2, 0.25) is 0 Å². The van der Waals surface area contributed by atoms with Crippen LogP contribution in [0.1, 0.15) is 29.2 Å². The zero-order chi connectivity index (χ0) is 16.6. The fraction of sp³-hybridized carbons (Fsp3) is 0.438. The van der Waals surface area contributed by atoms with Crippen molar-refractivity contribution >= 4 is 29.0 Å². The van der Waals surface area contributed by atoms with Gasteiger partial charge in [-0.05, 0) is 25.2 Å². The number of halogens is 2. The lowest BCUT2D eigenvalue weighted by atomic mass is 9.82. The molecule has 2 N–H and O–H groups in total. The van der Waals surface area contributed by atoms with Crippen molar-refractivity contribution in [1.82, 2.24) is 10.2 Å². The Morgan fingerprint density at radius 2 is 1.87 bits per heavy atom. The minimum absolute atomic E-state index is 0.191. The summed E-state index contributed by atoms with van der Waals surface area (Å²) >= 11 is 13.1. The first kappa shape index (κ1) is 16.3. The summed E-state index contributed by atoms with van der Waals surface area (Å²) in [5.41, 5.74) is 3.25. The summed E-state index contributed by atoms with van der Waals surface area (Å²) < 4.78 is 10.7. The van der Waals surface area contributed by atoms with E-state index in [-0.39, 0.29) is 5.92 Å². The summed E-state index contributed by atoms with van der Waals surface area (Å²) in [7, 11) is 5.06. The molecule has 23 heavy (non-hydrogen) atoms. The van der Waals surface area contributed by atoms with Crippen LogP contribution >= 0.6 is 23.2 Å². The van der Waals surface area contributed by atoms with E-state index in [9.17, 15) is 0 Å². The predicted octanol–water partition coefficient (Wildman–Crippen LogP) is 4.05. The highest BCUT2D eigenvalue weighted by Crippen LogP contribution is 2.47. The van der Waals surface area contributed by atoms with Crippen molar-refractivity contribution in [3.63, 3.8) is 0 Å². The number of fused-ring (bicyclic) bond motifs is 1. The number of methoxy groups -OCH3 is 2. The zero-order valence-electron chi connectivity index (χ0n) is 13.3. The number of H-pyrrole nitrogens is 1. The average molecular weight is 356 g/mol. The van der Waals surface area contributed by atoms with Crippen LogP contribution in [0.2, 0.25) is 10.0 Å². The van der Waals surface area contributed by atoms with E-state index in [1.807, 2.05) is 7.05 Å². The lowest BCUT2D eigenvalue weighted by Gasteiger charge is -2.26. The van der Waals surface area contributed by atoms with Gasteiger partial charge in [-0.25, -0.2) is 0 Å². The molecule has 1 heterocycles. The fourth-order valence-corrected chi connectivity index (χ4v) is 4.03. The second-order valence-corrected chi connectivity index (χ2v) is 6.30. The van der Waals surface area contributed by atoms with Crippen molar-refractivity contribution in [3.8, 4) is 11.5 Å². The SMILES string of the molecule is CNc1n[nH]c2c1CCC(c1c(Cl)c(OC)cc(OC)c1Cl)C2. The molecule has 5 nitrogen and oxygen atoms in total. The molecule has 1 aliphatic rings. The maximum Gasteiger partial charge on any atom is 0.151 e. The maximum absolute atomic E-state index is 6.53. The first-order valence-corrected chi connectivity index (χ1v) is 8.20. The molecule has 0 aliphatic heterocycles. The van der Waals surface area contributed by atoms with Crippen molar-refractivity contribution in [2.45, 2.75) is 25.2 Å². The van der Waals surface area contributed by atoms with Gasteiger partial charge < -0.3 is 14.8 Å². The molecule has 1 unspecified atom stereocenters. The number of aromatic amines is 1. The number of nitrogens with zero attached hydrogens (tertiary/aromatic N) is 1. The van der Waals surface area contributed by atoms with Gasteiger partial charge >= 0.3 is 0 Å². The molecule has 0 saturated heterocycles. The van der Waals surface area contributed by atoms with Gasteiger partial charge in [-0.3, -0.25) is 5.10 Å². The van der Waals surface area contributed by atoms with Crippen molar-refractivity contribution < 1.29 is 9.47 Å². The summed E-state index contributed by atoms with van der Waals surface area (Å²) in [6, 6.07) is 1.72. The zero-order valence-corrected chi connectivity index (χ0v) is 14.8. The minimum Gasteiger partial charge on any atom is -0.495 e. The smallest absolute Gasteiger partial charge is 0.151 e. The van der Waals surface area contributed by atoms with Gasteiger partial charge in [0.25, 0.3) is 0 Å². The van der Waals surface area contributed by atoms with E-state index < -0.39 is 0 Å². The normalized spacial score (nSPS) is 16.8. The van der Waals surface area contributed by atoms with Crippen LogP contribution in [0.15, 0.2) is 6.07 Å². The molecule has 0 bridgehead atoms. The second-order valence-electron chi connectivity index (χ2n) is 5.54. The highest BCUT2D eigenvalue weighted by atomic mass is 35.5. The Balaban J connectivity index is 2.02. The summed E-state index contributed by atoms with van der Waals surface area (Å²) in [6.45, 7) is 0. The standard InChI is InChI=1S/C16H19Cl2N3O2/c1-19-16-9-5-4-8(6-10(9)20-21-16)13-14(17)11(22-2)7-12(23-3)15(13)18/h7-8H,4-6H2,1-3H3,(H2,19,20,21). The summed E-state index contributed by atoms with van der Waals surface area (Å²) in [4.78, 5) is 0. The van der Waals surface area contributed by atoms with Crippen molar-refractivity contribution in [2.24, 2.45) is 0 Å². The molecule has 0 saturated carbocycles. The number of benzene rings is 1. The van der Waals surface area contributed by atoms with Crippen LogP contribution in [0.4, 0.5) is 5.82 Å². The highest BCUT2D eigenvalue weighted by molar-refractivity contribution is 6.38. The maximum atomic E-state index is 6.53. The molecule has 1 atom stereocenters. The van der Waals surface area contributed by atoms with Crippen molar-refractivity contribution in [2.75, 3.05) is 26.6 Å². The number of hydrogen-bond donors (Lipinski definition) is 2. The summed E-state index contributed by atoms with van der Waals surface area (Å²) in [5.74, 6) is 2.26. The third kappa shape index (κ3) is 2.72. The van der Waals surface area contributed by atoms with Crippen molar-refractivity contribution in [3.05, 3.63) is 32.9 Å². The van der Waals surface area contributed by atoms with Gasteiger partial charge in [-0.1, -0.05) is 23.2 Å². The number of aromatic nitrogens is 2.